The second-order valence-electron chi connectivity index (χ2n) is 8.28. The van der Waals surface area contributed by atoms with Crippen LogP contribution in [0.5, 0.6) is 0 Å². The second-order valence-corrected chi connectivity index (χ2v) is 8.28. The number of benzene rings is 1. The summed E-state index contributed by atoms with van der Waals surface area (Å²) in [7, 11) is 0. The van der Waals surface area contributed by atoms with E-state index in [4.69, 9.17) is 0 Å². The van der Waals surface area contributed by atoms with Crippen LogP contribution < -0.4 is 0 Å². The predicted molar refractivity (Wildman–Crippen MR) is 105 cm³/mol. The number of rotatable bonds is 2. The summed E-state index contributed by atoms with van der Waals surface area (Å²) in [6, 6.07) is 13.3. The van der Waals surface area contributed by atoms with E-state index in [9.17, 15) is 4.79 Å². The van der Waals surface area contributed by atoms with E-state index in [-0.39, 0.29) is 11.9 Å². The van der Waals surface area contributed by atoms with Gasteiger partial charge in [-0.25, -0.2) is 9.97 Å². The quantitative estimate of drug-likeness (QED) is 0.692. The average Bonchev–Trinajstić information content (AvgIpc) is 3.38. The van der Waals surface area contributed by atoms with E-state index in [1.165, 1.54) is 18.4 Å². The van der Waals surface area contributed by atoms with Crippen molar-refractivity contribution < 1.29 is 4.79 Å². The van der Waals surface area contributed by atoms with Gasteiger partial charge in [0, 0.05) is 37.1 Å². The van der Waals surface area contributed by atoms with Crippen molar-refractivity contribution in [1.82, 2.24) is 24.2 Å². The van der Waals surface area contributed by atoms with Gasteiger partial charge in [0.1, 0.15) is 5.69 Å². The summed E-state index contributed by atoms with van der Waals surface area (Å²) in [5.74, 6) is 1.60. The highest BCUT2D eigenvalue weighted by molar-refractivity contribution is 5.93. The third-order valence-electron chi connectivity index (χ3n) is 6.94. The third-order valence-corrected chi connectivity index (χ3v) is 6.94. The molecule has 1 aromatic carbocycles. The molecule has 4 aliphatic heterocycles. The number of nitrogens with zero attached hydrogens (tertiary/aromatic N) is 5. The molecule has 7 rings (SSSR count). The lowest BCUT2D eigenvalue weighted by molar-refractivity contribution is -0.00356. The van der Waals surface area contributed by atoms with E-state index in [0.29, 0.717) is 29.3 Å². The summed E-state index contributed by atoms with van der Waals surface area (Å²) in [5, 5.41) is 0. The molecule has 0 radical (unpaired) electrons. The van der Waals surface area contributed by atoms with Crippen LogP contribution in [-0.4, -0.2) is 61.8 Å². The number of carbonyl (C=O) groups excluding carboxylic acids is 1. The molecule has 6 heterocycles. The van der Waals surface area contributed by atoms with Gasteiger partial charge in [-0.2, -0.15) is 0 Å². The van der Waals surface area contributed by atoms with Gasteiger partial charge < -0.3 is 4.90 Å². The average molecular weight is 373 g/mol. The van der Waals surface area contributed by atoms with Crippen LogP contribution in [0.3, 0.4) is 0 Å². The first-order valence-electron chi connectivity index (χ1n) is 10.2. The molecular formula is C22H23N5O. The first-order chi connectivity index (χ1) is 13.8. The number of imidazole rings is 1. The van der Waals surface area contributed by atoms with Crippen molar-refractivity contribution in [2.45, 2.75) is 30.8 Å². The van der Waals surface area contributed by atoms with Crippen molar-refractivity contribution in [2.75, 3.05) is 19.6 Å². The van der Waals surface area contributed by atoms with Crippen molar-refractivity contribution in [3.8, 4) is 0 Å². The number of piperidine rings is 3. The molecule has 0 unspecified atom stereocenters. The summed E-state index contributed by atoms with van der Waals surface area (Å²) >= 11 is 0. The fraction of sp³-hybridized carbons (Fsp3) is 0.409. The molecule has 0 aliphatic carbocycles. The molecule has 2 aromatic heterocycles. The standard InChI is InChI=1S/C22H23N5O/c28-21(18-14-26-10-4-9-23-22(26)24-18)27-13-17(15-5-2-1-3-6-15)20-19(27)16-7-11-25(20)12-8-16/h1-6,9-10,14,16-17,19-20H,7-8,11-13H2/t17-,19+,20+/m0/s1. The Balaban J connectivity index is 1.39. The first-order valence-corrected chi connectivity index (χ1v) is 10.2. The lowest BCUT2D eigenvalue weighted by Crippen LogP contribution is -2.60. The highest BCUT2D eigenvalue weighted by atomic mass is 16.2. The summed E-state index contributed by atoms with van der Waals surface area (Å²) in [5.41, 5.74) is 1.85. The van der Waals surface area contributed by atoms with Gasteiger partial charge in [-0.05, 0) is 43.5 Å². The van der Waals surface area contributed by atoms with Gasteiger partial charge in [0.25, 0.3) is 5.91 Å². The first kappa shape index (κ1) is 16.2. The summed E-state index contributed by atoms with van der Waals surface area (Å²) in [6.45, 7) is 3.09. The van der Waals surface area contributed by atoms with Crippen molar-refractivity contribution in [3.63, 3.8) is 0 Å². The van der Waals surface area contributed by atoms with Gasteiger partial charge in [-0.15, -0.1) is 0 Å². The van der Waals surface area contributed by atoms with Gasteiger partial charge in [0.05, 0.1) is 6.04 Å². The number of likely N-dealkylation sites (tertiary alicyclic amines) is 1. The molecule has 1 amide bonds. The van der Waals surface area contributed by atoms with Gasteiger partial charge in [-0.3, -0.25) is 14.1 Å². The predicted octanol–water partition coefficient (Wildman–Crippen LogP) is 2.43. The van der Waals surface area contributed by atoms with E-state index in [1.54, 1.807) is 6.20 Å². The molecule has 28 heavy (non-hydrogen) atoms. The van der Waals surface area contributed by atoms with Crippen molar-refractivity contribution in [3.05, 3.63) is 66.2 Å². The van der Waals surface area contributed by atoms with Crippen LogP contribution in [0.1, 0.15) is 34.8 Å². The lowest BCUT2D eigenvalue weighted by atomic mass is 9.75. The Morgan fingerprint density at radius 1 is 1.04 bits per heavy atom. The zero-order valence-electron chi connectivity index (χ0n) is 15.7. The van der Waals surface area contributed by atoms with Gasteiger partial charge in [0.2, 0.25) is 5.78 Å². The van der Waals surface area contributed by atoms with E-state index < -0.39 is 0 Å². The fourth-order valence-electron chi connectivity index (χ4n) is 5.73. The monoisotopic (exact) mass is 373 g/mol. The maximum absolute atomic E-state index is 13.5. The molecule has 4 fully saturated rings. The minimum atomic E-state index is 0.0488. The van der Waals surface area contributed by atoms with Crippen LogP contribution in [0, 0.1) is 5.92 Å². The minimum Gasteiger partial charge on any atom is -0.332 e. The molecule has 3 aromatic rings. The van der Waals surface area contributed by atoms with Crippen molar-refractivity contribution in [2.24, 2.45) is 5.92 Å². The molecule has 0 spiro atoms. The normalized spacial score (nSPS) is 31.3. The number of aromatic nitrogens is 3. The highest BCUT2D eigenvalue weighted by Gasteiger charge is 2.54. The van der Waals surface area contributed by atoms with E-state index in [1.807, 2.05) is 22.9 Å². The van der Waals surface area contributed by atoms with Crippen LogP contribution >= 0.6 is 0 Å². The molecule has 3 atom stereocenters. The molecule has 0 N–H and O–H groups in total. The summed E-state index contributed by atoms with van der Waals surface area (Å²) in [6.07, 6.45) is 7.80. The molecular weight excluding hydrogens is 350 g/mol. The van der Waals surface area contributed by atoms with Crippen LogP contribution in [0.4, 0.5) is 0 Å². The number of hydrogen-bond acceptors (Lipinski definition) is 4. The Labute approximate surface area is 163 Å². The van der Waals surface area contributed by atoms with Gasteiger partial charge in [0.15, 0.2) is 0 Å². The Kier molecular flexibility index (Phi) is 3.56. The zero-order valence-corrected chi connectivity index (χ0v) is 15.7. The van der Waals surface area contributed by atoms with E-state index >= 15 is 0 Å². The zero-order chi connectivity index (χ0) is 18.7. The number of carbonyl (C=O) groups is 1. The molecule has 6 nitrogen and oxygen atoms in total. The molecule has 6 heteroatoms. The molecule has 2 bridgehead atoms. The smallest absolute Gasteiger partial charge is 0.274 e. The topological polar surface area (TPSA) is 53.7 Å². The highest BCUT2D eigenvalue weighted by Crippen LogP contribution is 2.46. The number of amides is 1. The van der Waals surface area contributed by atoms with Gasteiger partial charge >= 0.3 is 0 Å². The van der Waals surface area contributed by atoms with Crippen LogP contribution in [0.15, 0.2) is 55.0 Å². The molecule has 4 saturated heterocycles. The Bertz CT molecular complexity index is 991. The van der Waals surface area contributed by atoms with E-state index in [0.717, 1.165) is 19.6 Å². The maximum Gasteiger partial charge on any atom is 0.274 e. The Morgan fingerprint density at radius 3 is 2.64 bits per heavy atom. The van der Waals surface area contributed by atoms with Crippen LogP contribution in [0.25, 0.3) is 5.78 Å². The fourth-order valence-corrected chi connectivity index (χ4v) is 5.73. The van der Waals surface area contributed by atoms with Crippen LogP contribution in [0.2, 0.25) is 0 Å². The SMILES string of the molecule is O=C(c1cn2cccnc2n1)N1C[C@@H](c2ccccc2)[C@@H]2[C@H]1C1CCN2CC1. The number of fused-ring (bicyclic) bond motifs is 3. The molecule has 4 aliphatic rings. The minimum absolute atomic E-state index is 0.0488. The van der Waals surface area contributed by atoms with E-state index in [2.05, 4.69) is 50.1 Å². The Hall–Kier alpha value is -2.73. The lowest BCUT2D eigenvalue weighted by Gasteiger charge is -2.51. The molecule has 142 valence electrons. The maximum atomic E-state index is 13.5. The largest absolute Gasteiger partial charge is 0.332 e. The third kappa shape index (κ3) is 2.34. The second kappa shape index (κ2) is 6.14. The Morgan fingerprint density at radius 2 is 1.86 bits per heavy atom. The summed E-state index contributed by atoms with van der Waals surface area (Å²) in [4.78, 5) is 27.0. The molecule has 0 saturated carbocycles. The van der Waals surface area contributed by atoms with Crippen molar-refractivity contribution in [1.29, 1.82) is 0 Å². The number of hydrogen-bond donors (Lipinski definition) is 0. The summed E-state index contributed by atoms with van der Waals surface area (Å²) < 4.78 is 1.83. The van der Waals surface area contributed by atoms with Gasteiger partial charge in [-0.1, -0.05) is 30.3 Å². The van der Waals surface area contributed by atoms with Crippen LogP contribution in [-0.2, 0) is 0 Å². The van der Waals surface area contributed by atoms with Crippen molar-refractivity contribution >= 4 is 11.7 Å².